The highest BCUT2D eigenvalue weighted by molar-refractivity contribution is 9.11. The number of fused-ring (bicyclic) bond motifs is 1. The second kappa shape index (κ2) is 5.60. The molecule has 1 atom stereocenters. The van der Waals surface area contributed by atoms with E-state index in [-0.39, 0.29) is 0 Å². The number of aryl methyl sites for hydroxylation is 1. The van der Waals surface area contributed by atoms with Crippen molar-refractivity contribution in [3.63, 3.8) is 0 Å². The topological polar surface area (TPSA) is 20.2 Å². The molecule has 0 saturated carbocycles. The lowest BCUT2D eigenvalue weighted by molar-refractivity contribution is 0.224. The molecule has 0 aliphatic rings. The molecule has 4 heteroatoms. The molecule has 1 heterocycles. The third kappa shape index (κ3) is 2.70. The van der Waals surface area contributed by atoms with E-state index in [4.69, 9.17) is 0 Å². The fourth-order valence-electron chi connectivity index (χ4n) is 2.19. The fourth-order valence-corrected chi connectivity index (χ4v) is 4.15. The quantitative estimate of drug-likeness (QED) is 0.563. The molecule has 1 aromatic heterocycles. The van der Waals surface area contributed by atoms with Crippen LogP contribution in [-0.4, -0.2) is 5.11 Å². The molecule has 3 aromatic rings. The van der Waals surface area contributed by atoms with Crippen molar-refractivity contribution in [2.45, 2.75) is 13.0 Å². The van der Waals surface area contributed by atoms with E-state index in [1.807, 2.05) is 31.2 Å². The monoisotopic (exact) mass is 410 g/mol. The molecule has 0 radical (unpaired) electrons. The number of hydrogen-bond donors (Lipinski definition) is 1. The molecule has 102 valence electrons. The van der Waals surface area contributed by atoms with Crippen molar-refractivity contribution in [3.8, 4) is 0 Å². The first kappa shape index (κ1) is 14.3. The average molecular weight is 412 g/mol. The van der Waals surface area contributed by atoms with Gasteiger partial charge in [-0.15, -0.1) is 11.3 Å². The van der Waals surface area contributed by atoms with Gasteiger partial charge in [-0.25, -0.2) is 0 Å². The summed E-state index contributed by atoms with van der Waals surface area (Å²) in [5.74, 6) is 0. The van der Waals surface area contributed by atoms with Crippen molar-refractivity contribution < 1.29 is 5.11 Å². The molecule has 0 fully saturated rings. The minimum atomic E-state index is -0.571. The number of thiophene rings is 1. The molecule has 1 N–H and O–H groups in total. The van der Waals surface area contributed by atoms with Gasteiger partial charge in [-0.3, -0.25) is 0 Å². The molecular weight excluding hydrogens is 400 g/mol. The van der Waals surface area contributed by atoms with E-state index in [2.05, 4.69) is 50.1 Å². The van der Waals surface area contributed by atoms with E-state index in [9.17, 15) is 5.11 Å². The smallest absolute Gasteiger partial charge is 0.113 e. The lowest BCUT2D eigenvalue weighted by atomic mass is 10.0. The van der Waals surface area contributed by atoms with Crippen molar-refractivity contribution in [1.82, 2.24) is 0 Å². The third-order valence-electron chi connectivity index (χ3n) is 3.29. The second-order valence-electron chi connectivity index (χ2n) is 4.76. The Bertz CT molecular complexity index is 760. The first-order valence-corrected chi connectivity index (χ1v) is 8.58. The Kier molecular flexibility index (Phi) is 4.00. The summed E-state index contributed by atoms with van der Waals surface area (Å²) in [6.45, 7) is 2.04. The highest BCUT2D eigenvalue weighted by Gasteiger charge is 2.15. The van der Waals surface area contributed by atoms with E-state index in [1.54, 1.807) is 11.3 Å². The largest absolute Gasteiger partial charge is 0.383 e. The lowest BCUT2D eigenvalue weighted by Gasteiger charge is -2.10. The maximum absolute atomic E-state index is 10.5. The average Bonchev–Trinajstić information content (AvgIpc) is 2.77. The zero-order chi connectivity index (χ0) is 14.3. The summed E-state index contributed by atoms with van der Waals surface area (Å²) in [6.07, 6.45) is -0.571. The van der Waals surface area contributed by atoms with E-state index >= 15 is 0 Å². The van der Waals surface area contributed by atoms with E-state index < -0.39 is 6.10 Å². The molecular formula is C16H12Br2OS. The van der Waals surface area contributed by atoms with Gasteiger partial charge in [-0.1, -0.05) is 34.1 Å². The normalized spacial score (nSPS) is 12.8. The zero-order valence-corrected chi connectivity index (χ0v) is 14.7. The zero-order valence-electron chi connectivity index (χ0n) is 10.7. The van der Waals surface area contributed by atoms with E-state index in [0.717, 1.165) is 29.6 Å². The molecule has 20 heavy (non-hydrogen) atoms. The minimum absolute atomic E-state index is 0.571. The third-order valence-corrected chi connectivity index (χ3v) is 5.97. The van der Waals surface area contributed by atoms with Gasteiger partial charge in [0.05, 0.1) is 3.79 Å². The number of rotatable bonds is 2. The minimum Gasteiger partial charge on any atom is -0.383 e. The SMILES string of the molecule is Cc1cc(C(O)c2ccc3cc(Br)ccc3c2)sc1Br. The van der Waals surface area contributed by atoms with Crippen LogP contribution in [0, 0.1) is 6.92 Å². The van der Waals surface area contributed by atoms with Gasteiger partial charge in [-0.05, 0) is 69.0 Å². The van der Waals surface area contributed by atoms with Crippen molar-refractivity contribution in [1.29, 1.82) is 0 Å². The molecule has 0 bridgehead atoms. The van der Waals surface area contributed by atoms with Gasteiger partial charge in [-0.2, -0.15) is 0 Å². The summed E-state index contributed by atoms with van der Waals surface area (Å²) in [5.41, 5.74) is 2.09. The molecule has 3 rings (SSSR count). The van der Waals surface area contributed by atoms with Gasteiger partial charge in [0.25, 0.3) is 0 Å². The summed E-state index contributed by atoms with van der Waals surface area (Å²) in [4.78, 5) is 0.964. The summed E-state index contributed by atoms with van der Waals surface area (Å²) in [6, 6.07) is 14.3. The number of halogens is 2. The summed E-state index contributed by atoms with van der Waals surface area (Å²) >= 11 is 8.57. The molecule has 0 aliphatic heterocycles. The van der Waals surface area contributed by atoms with E-state index in [1.165, 1.54) is 5.39 Å². The number of aliphatic hydroxyl groups excluding tert-OH is 1. The highest BCUT2D eigenvalue weighted by atomic mass is 79.9. The molecule has 2 aromatic carbocycles. The van der Waals surface area contributed by atoms with Crippen LogP contribution in [-0.2, 0) is 0 Å². The second-order valence-corrected chi connectivity index (χ2v) is 8.08. The Labute approximate surface area is 138 Å². The van der Waals surface area contributed by atoms with Gasteiger partial charge in [0.15, 0.2) is 0 Å². The predicted molar refractivity (Wildman–Crippen MR) is 92.5 cm³/mol. The van der Waals surface area contributed by atoms with Gasteiger partial charge in [0.1, 0.15) is 6.10 Å². The fraction of sp³-hybridized carbons (Fsp3) is 0.125. The van der Waals surface area contributed by atoms with Crippen LogP contribution in [0.3, 0.4) is 0 Å². The molecule has 0 saturated heterocycles. The van der Waals surface area contributed by atoms with Crippen LogP contribution in [0.5, 0.6) is 0 Å². The summed E-state index contributed by atoms with van der Waals surface area (Å²) < 4.78 is 2.15. The number of aliphatic hydroxyl groups is 1. The Morgan fingerprint density at radius 3 is 2.40 bits per heavy atom. The van der Waals surface area contributed by atoms with Crippen LogP contribution in [0.4, 0.5) is 0 Å². The maximum Gasteiger partial charge on any atom is 0.113 e. The van der Waals surface area contributed by atoms with Gasteiger partial charge < -0.3 is 5.11 Å². The number of hydrogen-bond acceptors (Lipinski definition) is 2. The van der Waals surface area contributed by atoms with Crippen LogP contribution in [0.2, 0.25) is 0 Å². The molecule has 1 unspecified atom stereocenters. The van der Waals surface area contributed by atoms with Crippen LogP contribution >= 0.6 is 43.2 Å². The van der Waals surface area contributed by atoms with Crippen LogP contribution in [0.1, 0.15) is 22.1 Å². The van der Waals surface area contributed by atoms with Gasteiger partial charge in [0.2, 0.25) is 0 Å². The molecule has 0 amide bonds. The molecule has 0 aliphatic carbocycles. The van der Waals surface area contributed by atoms with Crippen molar-refractivity contribution in [3.05, 3.63) is 66.7 Å². The lowest BCUT2D eigenvalue weighted by Crippen LogP contribution is -1.96. The Balaban J connectivity index is 2.03. The van der Waals surface area contributed by atoms with E-state index in [0.29, 0.717) is 0 Å². The maximum atomic E-state index is 10.5. The van der Waals surface area contributed by atoms with Gasteiger partial charge in [0, 0.05) is 9.35 Å². The first-order valence-electron chi connectivity index (χ1n) is 6.18. The Hall–Kier alpha value is -0.680. The molecule has 0 spiro atoms. The Morgan fingerprint density at radius 1 is 1.00 bits per heavy atom. The molecule has 1 nitrogen and oxygen atoms in total. The Morgan fingerprint density at radius 2 is 1.70 bits per heavy atom. The summed E-state index contributed by atoms with van der Waals surface area (Å²) in [7, 11) is 0. The van der Waals surface area contributed by atoms with Crippen LogP contribution in [0.25, 0.3) is 10.8 Å². The van der Waals surface area contributed by atoms with Crippen molar-refractivity contribution in [2.24, 2.45) is 0 Å². The predicted octanol–water partition coefficient (Wildman–Crippen LogP) is 5.82. The highest BCUT2D eigenvalue weighted by Crippen LogP contribution is 2.35. The summed E-state index contributed by atoms with van der Waals surface area (Å²) in [5, 5.41) is 12.8. The van der Waals surface area contributed by atoms with Crippen molar-refractivity contribution in [2.75, 3.05) is 0 Å². The van der Waals surface area contributed by atoms with Crippen LogP contribution < -0.4 is 0 Å². The van der Waals surface area contributed by atoms with Gasteiger partial charge >= 0.3 is 0 Å². The number of benzene rings is 2. The van der Waals surface area contributed by atoms with Crippen LogP contribution in [0.15, 0.2) is 50.7 Å². The van der Waals surface area contributed by atoms with Crippen molar-refractivity contribution >= 4 is 54.0 Å². The standard InChI is InChI=1S/C16H12Br2OS/c1-9-6-14(20-16(9)18)15(19)12-3-2-11-8-13(17)5-4-10(11)7-12/h2-8,15,19H,1H3. The first-order chi connectivity index (χ1) is 9.54.